The topological polar surface area (TPSA) is 40.6 Å². The highest BCUT2D eigenvalue weighted by Gasteiger charge is 2.42. The molecule has 0 radical (unpaired) electrons. The van der Waals surface area contributed by atoms with E-state index in [0.717, 1.165) is 30.6 Å². The molecule has 4 nitrogen and oxygen atoms in total. The summed E-state index contributed by atoms with van der Waals surface area (Å²) < 4.78 is 0. The van der Waals surface area contributed by atoms with Crippen LogP contribution in [0.5, 0.6) is 0 Å². The Kier molecular flexibility index (Phi) is 2.58. The number of hydrogen-bond acceptors (Lipinski definition) is 2. The van der Waals surface area contributed by atoms with Crippen molar-refractivity contribution in [1.29, 1.82) is 0 Å². The molecule has 4 heteroatoms. The van der Waals surface area contributed by atoms with Crippen LogP contribution in [0.15, 0.2) is 24.3 Å². The Morgan fingerprint density at radius 2 is 2.11 bits per heavy atom. The van der Waals surface area contributed by atoms with E-state index in [1.54, 1.807) is 9.80 Å². The highest BCUT2D eigenvalue weighted by molar-refractivity contribution is 6.06. The number of anilines is 1. The second kappa shape index (κ2) is 4.12. The minimum atomic E-state index is -0.230. The van der Waals surface area contributed by atoms with Crippen LogP contribution in [-0.4, -0.2) is 35.8 Å². The second-order valence-corrected chi connectivity index (χ2v) is 5.01. The number of nitrogens with zero attached hydrogens (tertiary/aromatic N) is 2. The molecule has 2 saturated heterocycles. The Balaban J connectivity index is 1.93. The normalized spacial score (nSPS) is 23.5. The fourth-order valence-electron chi connectivity index (χ4n) is 2.82. The van der Waals surface area contributed by atoms with Crippen molar-refractivity contribution in [2.24, 2.45) is 0 Å². The zero-order valence-corrected chi connectivity index (χ0v) is 10.4. The maximum atomic E-state index is 12.4. The highest BCUT2D eigenvalue weighted by Crippen LogP contribution is 2.27. The average Bonchev–Trinajstić information content (AvgIpc) is 2.83. The van der Waals surface area contributed by atoms with Crippen molar-refractivity contribution in [2.75, 3.05) is 18.0 Å². The van der Waals surface area contributed by atoms with Gasteiger partial charge in [-0.05, 0) is 37.5 Å². The van der Waals surface area contributed by atoms with Crippen molar-refractivity contribution in [2.45, 2.75) is 25.8 Å². The van der Waals surface area contributed by atoms with E-state index in [2.05, 4.69) is 0 Å². The average molecular weight is 244 g/mol. The number of aryl methyl sites for hydroxylation is 1. The van der Waals surface area contributed by atoms with E-state index in [1.165, 1.54) is 0 Å². The van der Waals surface area contributed by atoms with Gasteiger partial charge >= 0.3 is 0 Å². The van der Waals surface area contributed by atoms with E-state index in [9.17, 15) is 9.59 Å². The van der Waals surface area contributed by atoms with Gasteiger partial charge in [-0.3, -0.25) is 9.59 Å². The van der Waals surface area contributed by atoms with Gasteiger partial charge in [-0.15, -0.1) is 0 Å². The van der Waals surface area contributed by atoms with Crippen LogP contribution in [0.1, 0.15) is 18.4 Å². The molecule has 3 rings (SSSR count). The van der Waals surface area contributed by atoms with E-state index in [-0.39, 0.29) is 24.4 Å². The molecule has 2 aliphatic rings. The molecule has 2 amide bonds. The highest BCUT2D eigenvalue weighted by atomic mass is 16.2. The van der Waals surface area contributed by atoms with Crippen molar-refractivity contribution in [3.8, 4) is 0 Å². The Bertz CT molecular complexity index is 512. The molecule has 1 aromatic rings. The van der Waals surface area contributed by atoms with Gasteiger partial charge in [0.1, 0.15) is 12.6 Å². The van der Waals surface area contributed by atoms with Gasteiger partial charge in [0.15, 0.2) is 0 Å². The molecule has 0 N–H and O–H groups in total. The zero-order valence-electron chi connectivity index (χ0n) is 10.4. The van der Waals surface area contributed by atoms with Crippen LogP contribution in [0, 0.1) is 6.92 Å². The molecule has 1 atom stereocenters. The third kappa shape index (κ3) is 1.68. The minimum Gasteiger partial charge on any atom is -0.329 e. The van der Waals surface area contributed by atoms with Crippen molar-refractivity contribution < 1.29 is 9.59 Å². The van der Waals surface area contributed by atoms with E-state index in [0.29, 0.717) is 0 Å². The fourth-order valence-corrected chi connectivity index (χ4v) is 2.82. The maximum Gasteiger partial charge on any atom is 0.250 e. The van der Waals surface area contributed by atoms with E-state index >= 15 is 0 Å². The Hall–Kier alpha value is -1.84. The zero-order chi connectivity index (χ0) is 12.7. The summed E-state index contributed by atoms with van der Waals surface area (Å²) in [7, 11) is 0. The number of benzene rings is 1. The van der Waals surface area contributed by atoms with E-state index < -0.39 is 0 Å². The number of carbonyl (C=O) groups excluding carboxylic acids is 2. The Morgan fingerprint density at radius 3 is 2.89 bits per heavy atom. The van der Waals surface area contributed by atoms with Gasteiger partial charge in [0.05, 0.1) is 0 Å². The lowest BCUT2D eigenvalue weighted by molar-refractivity contribution is -0.140. The quantitative estimate of drug-likeness (QED) is 0.748. The summed E-state index contributed by atoms with van der Waals surface area (Å²) in [5.74, 6) is 0.135. The van der Waals surface area contributed by atoms with Gasteiger partial charge in [0, 0.05) is 12.2 Å². The number of amides is 2. The summed E-state index contributed by atoms with van der Waals surface area (Å²) in [4.78, 5) is 27.8. The summed E-state index contributed by atoms with van der Waals surface area (Å²) in [5.41, 5.74) is 1.93. The van der Waals surface area contributed by atoms with Gasteiger partial charge in [0.2, 0.25) is 11.8 Å². The third-order valence-corrected chi connectivity index (χ3v) is 3.73. The first-order valence-electron chi connectivity index (χ1n) is 6.34. The molecule has 0 bridgehead atoms. The van der Waals surface area contributed by atoms with Crippen LogP contribution < -0.4 is 4.90 Å². The molecule has 2 heterocycles. The predicted octanol–water partition coefficient (Wildman–Crippen LogP) is 1.33. The van der Waals surface area contributed by atoms with Gasteiger partial charge in [-0.1, -0.05) is 12.1 Å². The molecule has 18 heavy (non-hydrogen) atoms. The molecule has 0 aliphatic carbocycles. The van der Waals surface area contributed by atoms with Crippen LogP contribution in [-0.2, 0) is 9.59 Å². The monoisotopic (exact) mass is 244 g/mol. The SMILES string of the molecule is Cc1cccc(N2CC(=O)N3CCCC3C2=O)c1. The number of rotatable bonds is 1. The predicted molar refractivity (Wildman–Crippen MR) is 68.3 cm³/mol. The maximum absolute atomic E-state index is 12.4. The van der Waals surface area contributed by atoms with Crippen molar-refractivity contribution in [3.63, 3.8) is 0 Å². The largest absolute Gasteiger partial charge is 0.329 e. The van der Waals surface area contributed by atoms with E-state index in [1.807, 2.05) is 31.2 Å². The van der Waals surface area contributed by atoms with Crippen molar-refractivity contribution >= 4 is 17.5 Å². The van der Waals surface area contributed by atoms with Crippen molar-refractivity contribution in [3.05, 3.63) is 29.8 Å². The van der Waals surface area contributed by atoms with E-state index in [4.69, 9.17) is 0 Å². The van der Waals surface area contributed by atoms with Crippen molar-refractivity contribution in [1.82, 2.24) is 4.90 Å². The standard InChI is InChI=1S/C14H16N2O2/c1-10-4-2-5-11(8-10)16-9-13(17)15-7-3-6-12(15)14(16)18/h2,4-5,8,12H,3,6-7,9H2,1H3. The summed E-state index contributed by atoms with van der Waals surface area (Å²) >= 11 is 0. The summed E-state index contributed by atoms with van der Waals surface area (Å²) in [6.45, 7) is 2.90. The second-order valence-electron chi connectivity index (χ2n) is 5.01. The van der Waals surface area contributed by atoms with Crippen LogP contribution in [0.3, 0.4) is 0 Å². The number of piperazine rings is 1. The third-order valence-electron chi connectivity index (χ3n) is 3.73. The number of fused-ring (bicyclic) bond motifs is 1. The lowest BCUT2D eigenvalue weighted by atomic mass is 10.1. The molecular weight excluding hydrogens is 228 g/mol. The molecule has 94 valence electrons. The molecule has 0 saturated carbocycles. The fraction of sp³-hybridized carbons (Fsp3) is 0.429. The molecule has 1 unspecified atom stereocenters. The Morgan fingerprint density at radius 1 is 1.28 bits per heavy atom. The van der Waals surface area contributed by atoms with Crippen LogP contribution >= 0.6 is 0 Å². The first-order valence-corrected chi connectivity index (χ1v) is 6.34. The molecule has 2 aliphatic heterocycles. The van der Waals surface area contributed by atoms with Gasteiger partial charge in [0.25, 0.3) is 0 Å². The van der Waals surface area contributed by atoms with Gasteiger partial charge in [-0.25, -0.2) is 0 Å². The molecule has 1 aromatic carbocycles. The van der Waals surface area contributed by atoms with Crippen LogP contribution in [0.2, 0.25) is 0 Å². The lowest BCUT2D eigenvalue weighted by Gasteiger charge is -2.36. The van der Waals surface area contributed by atoms with Crippen LogP contribution in [0.25, 0.3) is 0 Å². The lowest BCUT2D eigenvalue weighted by Crippen LogP contribution is -2.57. The number of carbonyl (C=O) groups is 2. The summed E-state index contributed by atoms with van der Waals surface area (Å²) in [5, 5.41) is 0. The van der Waals surface area contributed by atoms with Crippen LogP contribution in [0.4, 0.5) is 5.69 Å². The Labute approximate surface area is 106 Å². The molecule has 2 fully saturated rings. The molecule has 0 aromatic heterocycles. The first-order chi connectivity index (χ1) is 8.66. The smallest absolute Gasteiger partial charge is 0.250 e. The minimum absolute atomic E-state index is 0.0673. The van der Waals surface area contributed by atoms with Gasteiger partial charge < -0.3 is 9.80 Å². The molecule has 0 spiro atoms. The van der Waals surface area contributed by atoms with Gasteiger partial charge in [-0.2, -0.15) is 0 Å². The summed E-state index contributed by atoms with van der Waals surface area (Å²) in [6.07, 6.45) is 1.73. The molecular formula is C14H16N2O2. The summed E-state index contributed by atoms with van der Waals surface area (Å²) in [6, 6.07) is 7.52. The number of hydrogen-bond donors (Lipinski definition) is 0. The first kappa shape index (κ1) is 11.3.